The number of piperazine rings is 1. The van der Waals surface area contributed by atoms with Crippen molar-refractivity contribution >= 4 is 21.8 Å². The van der Waals surface area contributed by atoms with Crippen molar-refractivity contribution in [3.8, 4) is 0 Å². The van der Waals surface area contributed by atoms with Gasteiger partial charge in [-0.2, -0.15) is 0 Å². The van der Waals surface area contributed by atoms with E-state index in [1.807, 2.05) is 4.90 Å². The first kappa shape index (κ1) is 13.8. The fourth-order valence-corrected chi connectivity index (χ4v) is 3.17. The van der Waals surface area contributed by atoms with Crippen molar-refractivity contribution in [1.29, 1.82) is 0 Å². The number of pyridine rings is 1. The molecule has 0 bridgehead atoms. The minimum atomic E-state index is -0.212. The standard InChI is InChI=1S/C14H18BrN3O2/c15-12-8-10(9-16-13(12)19)14(20)18-6-4-17(5-7-18)11-2-1-3-11/h8-9,11H,1-7H2,(H,16,19). The summed E-state index contributed by atoms with van der Waals surface area (Å²) in [5.74, 6) is -0.00444. The second kappa shape index (κ2) is 5.69. The average Bonchev–Trinajstić information content (AvgIpc) is 2.40. The highest BCUT2D eigenvalue weighted by molar-refractivity contribution is 9.10. The SMILES string of the molecule is O=C(c1c[nH]c(=O)c(Br)c1)N1CCN(C2CCC2)CC1. The minimum absolute atomic E-state index is 0.00444. The van der Waals surface area contributed by atoms with E-state index in [0.29, 0.717) is 10.0 Å². The van der Waals surface area contributed by atoms with E-state index in [1.54, 1.807) is 6.07 Å². The predicted molar refractivity (Wildman–Crippen MR) is 79.9 cm³/mol. The van der Waals surface area contributed by atoms with Crippen molar-refractivity contribution in [1.82, 2.24) is 14.8 Å². The van der Waals surface area contributed by atoms with Crippen LogP contribution in [0.1, 0.15) is 29.6 Å². The van der Waals surface area contributed by atoms with E-state index in [4.69, 9.17) is 0 Å². The highest BCUT2D eigenvalue weighted by Crippen LogP contribution is 2.25. The molecule has 108 valence electrons. The van der Waals surface area contributed by atoms with E-state index >= 15 is 0 Å². The molecule has 1 aromatic heterocycles. The Morgan fingerprint density at radius 1 is 1.25 bits per heavy atom. The van der Waals surface area contributed by atoms with Gasteiger partial charge in [-0.3, -0.25) is 14.5 Å². The summed E-state index contributed by atoms with van der Waals surface area (Å²) in [4.78, 5) is 30.6. The van der Waals surface area contributed by atoms with Crippen LogP contribution in [0.5, 0.6) is 0 Å². The molecule has 1 saturated carbocycles. The molecular weight excluding hydrogens is 322 g/mol. The zero-order valence-electron chi connectivity index (χ0n) is 11.3. The van der Waals surface area contributed by atoms with E-state index in [-0.39, 0.29) is 11.5 Å². The molecule has 20 heavy (non-hydrogen) atoms. The lowest BCUT2D eigenvalue weighted by Gasteiger charge is -2.42. The van der Waals surface area contributed by atoms with Crippen LogP contribution in [0.15, 0.2) is 21.5 Å². The van der Waals surface area contributed by atoms with Gasteiger partial charge in [-0.15, -0.1) is 0 Å². The number of amides is 1. The summed E-state index contributed by atoms with van der Waals surface area (Å²) in [6, 6.07) is 2.34. The molecule has 1 amide bonds. The van der Waals surface area contributed by atoms with Gasteiger partial charge < -0.3 is 9.88 Å². The van der Waals surface area contributed by atoms with Gasteiger partial charge in [-0.05, 0) is 34.8 Å². The molecule has 1 aromatic rings. The molecule has 0 spiro atoms. The lowest BCUT2D eigenvalue weighted by Crippen LogP contribution is -2.53. The van der Waals surface area contributed by atoms with Gasteiger partial charge in [-0.1, -0.05) is 6.42 Å². The molecular formula is C14H18BrN3O2. The second-order valence-corrected chi connectivity index (χ2v) is 6.33. The number of nitrogens with one attached hydrogen (secondary N) is 1. The number of nitrogens with zero attached hydrogens (tertiary/aromatic N) is 2. The molecule has 1 saturated heterocycles. The van der Waals surface area contributed by atoms with Crippen molar-refractivity contribution in [2.45, 2.75) is 25.3 Å². The van der Waals surface area contributed by atoms with Crippen LogP contribution < -0.4 is 5.56 Å². The number of halogens is 1. The largest absolute Gasteiger partial charge is 0.336 e. The predicted octanol–water partition coefficient (Wildman–Crippen LogP) is 1.45. The molecule has 1 aliphatic carbocycles. The third-order valence-corrected chi connectivity index (χ3v) is 4.89. The van der Waals surface area contributed by atoms with E-state index in [2.05, 4.69) is 25.8 Å². The Morgan fingerprint density at radius 3 is 2.50 bits per heavy atom. The highest BCUT2D eigenvalue weighted by atomic mass is 79.9. The summed E-state index contributed by atoms with van der Waals surface area (Å²) in [6.07, 6.45) is 5.45. The van der Waals surface area contributed by atoms with Crippen LogP contribution in [-0.2, 0) is 0 Å². The summed E-state index contributed by atoms with van der Waals surface area (Å²) >= 11 is 3.16. The van der Waals surface area contributed by atoms with E-state index in [0.717, 1.165) is 32.2 Å². The van der Waals surface area contributed by atoms with Crippen LogP contribution in [0.25, 0.3) is 0 Å². The van der Waals surface area contributed by atoms with Gasteiger partial charge in [0.1, 0.15) is 0 Å². The van der Waals surface area contributed by atoms with Gasteiger partial charge in [0.2, 0.25) is 0 Å². The zero-order valence-corrected chi connectivity index (χ0v) is 12.9. The van der Waals surface area contributed by atoms with E-state index in [9.17, 15) is 9.59 Å². The van der Waals surface area contributed by atoms with Gasteiger partial charge in [0.15, 0.2) is 0 Å². The van der Waals surface area contributed by atoms with Crippen LogP contribution in [-0.4, -0.2) is 52.9 Å². The topological polar surface area (TPSA) is 56.4 Å². The fourth-order valence-electron chi connectivity index (χ4n) is 2.80. The minimum Gasteiger partial charge on any atom is -0.336 e. The van der Waals surface area contributed by atoms with Gasteiger partial charge in [0.25, 0.3) is 11.5 Å². The van der Waals surface area contributed by atoms with Crippen LogP contribution >= 0.6 is 15.9 Å². The second-order valence-electron chi connectivity index (χ2n) is 5.48. The van der Waals surface area contributed by atoms with Gasteiger partial charge >= 0.3 is 0 Å². The molecule has 2 heterocycles. The molecule has 0 atom stereocenters. The van der Waals surface area contributed by atoms with Gasteiger partial charge in [0.05, 0.1) is 10.0 Å². The van der Waals surface area contributed by atoms with Gasteiger partial charge in [-0.25, -0.2) is 0 Å². The van der Waals surface area contributed by atoms with Crippen molar-refractivity contribution in [2.75, 3.05) is 26.2 Å². The number of aromatic nitrogens is 1. The first-order valence-electron chi connectivity index (χ1n) is 7.07. The first-order valence-corrected chi connectivity index (χ1v) is 7.86. The Hall–Kier alpha value is -1.14. The zero-order chi connectivity index (χ0) is 14.1. The molecule has 1 aliphatic heterocycles. The number of rotatable bonds is 2. The molecule has 0 aromatic carbocycles. The molecule has 6 heteroatoms. The van der Waals surface area contributed by atoms with Crippen LogP contribution in [0, 0.1) is 0 Å². The highest BCUT2D eigenvalue weighted by Gasteiger charge is 2.29. The Labute approximate surface area is 126 Å². The number of aromatic amines is 1. The summed E-state index contributed by atoms with van der Waals surface area (Å²) in [6.45, 7) is 3.46. The maximum Gasteiger partial charge on any atom is 0.262 e. The monoisotopic (exact) mass is 339 g/mol. The number of hydrogen-bond acceptors (Lipinski definition) is 3. The van der Waals surface area contributed by atoms with Crippen LogP contribution in [0.2, 0.25) is 0 Å². The normalized spacial score (nSPS) is 20.8. The molecule has 2 aliphatic rings. The van der Waals surface area contributed by atoms with Crippen molar-refractivity contribution < 1.29 is 4.79 Å². The third-order valence-electron chi connectivity index (χ3n) is 4.30. The van der Waals surface area contributed by atoms with Gasteiger partial charge in [0, 0.05) is 38.4 Å². The Balaban J connectivity index is 1.63. The smallest absolute Gasteiger partial charge is 0.262 e. The first-order chi connectivity index (χ1) is 9.65. The van der Waals surface area contributed by atoms with Crippen LogP contribution in [0.4, 0.5) is 0 Å². The van der Waals surface area contributed by atoms with E-state index in [1.165, 1.54) is 25.5 Å². The molecule has 2 fully saturated rings. The molecule has 5 nitrogen and oxygen atoms in total. The van der Waals surface area contributed by atoms with Crippen molar-refractivity contribution in [3.63, 3.8) is 0 Å². The quantitative estimate of drug-likeness (QED) is 0.887. The maximum absolute atomic E-state index is 12.4. The number of H-pyrrole nitrogens is 1. The summed E-state index contributed by atoms with van der Waals surface area (Å²) in [7, 11) is 0. The maximum atomic E-state index is 12.4. The van der Waals surface area contributed by atoms with E-state index < -0.39 is 0 Å². The van der Waals surface area contributed by atoms with Crippen molar-refractivity contribution in [2.24, 2.45) is 0 Å². The van der Waals surface area contributed by atoms with Crippen LogP contribution in [0.3, 0.4) is 0 Å². The summed E-state index contributed by atoms with van der Waals surface area (Å²) < 4.78 is 0.399. The lowest BCUT2D eigenvalue weighted by atomic mass is 9.91. The fraction of sp³-hybridized carbons (Fsp3) is 0.571. The number of carbonyl (C=O) groups excluding carboxylic acids is 1. The molecule has 1 N–H and O–H groups in total. The molecule has 3 rings (SSSR count). The molecule has 0 unspecified atom stereocenters. The third kappa shape index (κ3) is 2.67. The lowest BCUT2D eigenvalue weighted by molar-refractivity contribution is 0.0455. The Bertz CT molecular complexity index is 560. The Morgan fingerprint density at radius 2 is 1.95 bits per heavy atom. The summed E-state index contributed by atoms with van der Waals surface area (Å²) in [5.41, 5.74) is 0.324. The average molecular weight is 340 g/mol. The molecule has 0 radical (unpaired) electrons. The summed E-state index contributed by atoms with van der Waals surface area (Å²) in [5, 5.41) is 0. The number of hydrogen-bond donors (Lipinski definition) is 1. The number of carbonyl (C=O) groups is 1. The Kier molecular flexibility index (Phi) is 3.94. The van der Waals surface area contributed by atoms with Crippen molar-refractivity contribution in [3.05, 3.63) is 32.7 Å².